The van der Waals surface area contributed by atoms with E-state index in [4.69, 9.17) is 5.73 Å². The molecule has 0 unspecified atom stereocenters. The van der Waals surface area contributed by atoms with Crippen LogP contribution in [0.5, 0.6) is 0 Å². The largest absolute Gasteiger partial charge is 0.393 e. The number of tetrazole rings is 1. The van der Waals surface area contributed by atoms with Gasteiger partial charge in [0.15, 0.2) is 0 Å². The first kappa shape index (κ1) is 12.4. The number of hydrogen-bond donors (Lipinski definition) is 2. The Morgan fingerprint density at radius 3 is 2.84 bits per heavy atom. The van der Waals surface area contributed by atoms with Gasteiger partial charge in [-0.15, -0.1) is 5.10 Å². The molecule has 0 bridgehead atoms. The van der Waals surface area contributed by atoms with Crippen LogP contribution in [0.25, 0.3) is 0 Å². The predicted molar refractivity (Wildman–Crippen MR) is 64.3 cm³/mol. The van der Waals surface area contributed by atoms with Crippen molar-refractivity contribution in [2.75, 3.05) is 11.1 Å². The van der Waals surface area contributed by atoms with Gasteiger partial charge in [0.05, 0.1) is 12.0 Å². The number of nitrogens with one attached hydrogen (secondary N) is 1. The van der Waals surface area contributed by atoms with Crippen molar-refractivity contribution in [3.63, 3.8) is 0 Å². The standard InChI is InChI=1S/C9H9N7O3/c1-15-13-9(12-14-15)11-8(17)5-2-3-6(10)7(4-5)16(18)19/h2-4H,10H2,1H3,(H,11,13,17). The van der Waals surface area contributed by atoms with Crippen LogP contribution in [0.3, 0.4) is 0 Å². The van der Waals surface area contributed by atoms with Gasteiger partial charge >= 0.3 is 0 Å². The molecule has 1 amide bonds. The minimum Gasteiger partial charge on any atom is -0.393 e. The Labute approximate surface area is 106 Å². The van der Waals surface area contributed by atoms with Crippen LogP contribution in [0, 0.1) is 10.1 Å². The molecule has 1 aromatic heterocycles. The summed E-state index contributed by atoms with van der Waals surface area (Å²) in [6, 6.07) is 3.74. The number of rotatable bonds is 3. The maximum Gasteiger partial charge on any atom is 0.292 e. The van der Waals surface area contributed by atoms with Crippen molar-refractivity contribution >= 4 is 23.2 Å². The fourth-order valence-electron chi connectivity index (χ4n) is 1.35. The molecule has 19 heavy (non-hydrogen) atoms. The van der Waals surface area contributed by atoms with Gasteiger partial charge in [-0.3, -0.25) is 20.2 Å². The number of amides is 1. The Morgan fingerprint density at radius 1 is 1.53 bits per heavy atom. The van der Waals surface area contributed by atoms with E-state index in [1.807, 2.05) is 0 Å². The lowest BCUT2D eigenvalue weighted by Crippen LogP contribution is -2.13. The summed E-state index contributed by atoms with van der Waals surface area (Å²) < 4.78 is 0. The zero-order valence-electron chi connectivity index (χ0n) is 9.77. The summed E-state index contributed by atoms with van der Waals surface area (Å²) in [5.74, 6) is -0.580. The third-order valence-corrected chi connectivity index (χ3v) is 2.22. The number of nitro groups is 1. The van der Waals surface area contributed by atoms with Gasteiger partial charge in [0.25, 0.3) is 17.5 Å². The molecule has 0 aliphatic heterocycles. The molecule has 0 fully saturated rings. The van der Waals surface area contributed by atoms with E-state index in [0.29, 0.717) is 0 Å². The molecule has 1 heterocycles. The molecule has 10 nitrogen and oxygen atoms in total. The lowest BCUT2D eigenvalue weighted by Gasteiger charge is -2.02. The van der Waals surface area contributed by atoms with Crippen molar-refractivity contribution in [3.05, 3.63) is 33.9 Å². The van der Waals surface area contributed by atoms with Gasteiger partial charge in [0.1, 0.15) is 5.69 Å². The second kappa shape index (κ2) is 4.68. The number of aromatic nitrogens is 4. The molecule has 0 aliphatic rings. The normalized spacial score (nSPS) is 10.2. The van der Waals surface area contributed by atoms with Gasteiger partial charge in [-0.1, -0.05) is 5.10 Å². The van der Waals surface area contributed by atoms with Crippen LogP contribution in [0.15, 0.2) is 18.2 Å². The number of nitrogen functional groups attached to an aromatic ring is 1. The smallest absolute Gasteiger partial charge is 0.292 e. The van der Waals surface area contributed by atoms with Crippen LogP contribution >= 0.6 is 0 Å². The first-order chi connectivity index (χ1) is 8.97. The summed E-state index contributed by atoms with van der Waals surface area (Å²) >= 11 is 0. The molecule has 2 rings (SSSR count). The molecule has 0 atom stereocenters. The predicted octanol–water partition coefficient (Wildman–Crippen LogP) is -0.0472. The van der Waals surface area contributed by atoms with Crippen molar-refractivity contribution in [2.24, 2.45) is 7.05 Å². The average molecular weight is 263 g/mol. The van der Waals surface area contributed by atoms with E-state index >= 15 is 0 Å². The lowest BCUT2D eigenvalue weighted by atomic mass is 10.1. The van der Waals surface area contributed by atoms with Crippen molar-refractivity contribution in [2.45, 2.75) is 0 Å². The lowest BCUT2D eigenvalue weighted by molar-refractivity contribution is -0.383. The van der Waals surface area contributed by atoms with E-state index in [2.05, 4.69) is 20.7 Å². The second-order valence-corrected chi connectivity index (χ2v) is 3.59. The van der Waals surface area contributed by atoms with Crippen molar-refractivity contribution in [1.82, 2.24) is 20.2 Å². The molecule has 98 valence electrons. The van der Waals surface area contributed by atoms with Crippen molar-refractivity contribution in [3.8, 4) is 0 Å². The van der Waals surface area contributed by atoms with Crippen LogP contribution in [0.4, 0.5) is 17.3 Å². The van der Waals surface area contributed by atoms with Crippen molar-refractivity contribution in [1.29, 1.82) is 0 Å². The summed E-state index contributed by atoms with van der Waals surface area (Å²) in [5.41, 5.74) is 5.16. The minimum atomic E-state index is -0.660. The fraction of sp³-hybridized carbons (Fsp3) is 0.111. The Kier molecular flexibility index (Phi) is 3.06. The minimum absolute atomic E-state index is 0.00646. The topological polar surface area (TPSA) is 142 Å². The van der Waals surface area contributed by atoms with E-state index in [1.54, 1.807) is 0 Å². The number of nitro benzene ring substituents is 1. The van der Waals surface area contributed by atoms with Crippen LogP contribution in [0.2, 0.25) is 0 Å². The molecule has 0 saturated carbocycles. The summed E-state index contributed by atoms with van der Waals surface area (Å²) in [7, 11) is 1.54. The van der Waals surface area contributed by atoms with E-state index < -0.39 is 10.8 Å². The number of nitrogens with two attached hydrogens (primary N) is 1. The zero-order chi connectivity index (χ0) is 14.0. The molecule has 0 spiro atoms. The van der Waals surface area contributed by atoms with Gasteiger partial charge in [-0.2, -0.15) is 4.80 Å². The van der Waals surface area contributed by atoms with Crippen LogP contribution in [0.1, 0.15) is 10.4 Å². The molecule has 0 saturated heterocycles. The highest BCUT2D eigenvalue weighted by molar-refractivity contribution is 6.04. The molecule has 2 aromatic rings. The van der Waals surface area contributed by atoms with Gasteiger partial charge in [0.2, 0.25) is 0 Å². The molecule has 0 aliphatic carbocycles. The molecule has 3 N–H and O–H groups in total. The monoisotopic (exact) mass is 263 g/mol. The third-order valence-electron chi connectivity index (χ3n) is 2.22. The maximum absolute atomic E-state index is 11.8. The highest BCUT2D eigenvalue weighted by Gasteiger charge is 2.16. The zero-order valence-corrected chi connectivity index (χ0v) is 9.77. The second-order valence-electron chi connectivity index (χ2n) is 3.59. The molecular formula is C9H9N7O3. The van der Waals surface area contributed by atoms with Gasteiger partial charge in [0, 0.05) is 11.6 Å². The Bertz CT molecular complexity index is 651. The number of anilines is 2. The summed E-state index contributed by atoms with van der Waals surface area (Å²) in [6.07, 6.45) is 0. The Balaban J connectivity index is 2.24. The van der Waals surface area contributed by atoms with Gasteiger partial charge < -0.3 is 5.73 Å². The number of nitrogens with zero attached hydrogens (tertiary/aromatic N) is 5. The van der Waals surface area contributed by atoms with E-state index in [0.717, 1.165) is 6.07 Å². The molecular weight excluding hydrogens is 254 g/mol. The number of benzene rings is 1. The van der Waals surface area contributed by atoms with Crippen LogP contribution < -0.4 is 11.1 Å². The molecule has 0 radical (unpaired) electrons. The Hall–Kier alpha value is -3.04. The van der Waals surface area contributed by atoms with Gasteiger partial charge in [-0.05, 0) is 17.3 Å². The molecule has 1 aromatic carbocycles. The number of hydrogen-bond acceptors (Lipinski definition) is 7. The molecule has 10 heteroatoms. The number of carbonyl (C=O) groups is 1. The fourth-order valence-corrected chi connectivity index (χ4v) is 1.35. The number of carbonyl (C=O) groups excluding carboxylic acids is 1. The maximum atomic E-state index is 11.8. The van der Waals surface area contributed by atoms with Crippen LogP contribution in [-0.4, -0.2) is 31.0 Å². The quantitative estimate of drug-likeness (QED) is 0.449. The van der Waals surface area contributed by atoms with Crippen LogP contribution in [-0.2, 0) is 7.05 Å². The first-order valence-electron chi connectivity index (χ1n) is 5.06. The summed E-state index contributed by atoms with van der Waals surface area (Å²) in [5, 5.41) is 23.9. The summed E-state index contributed by atoms with van der Waals surface area (Å²) in [4.78, 5) is 23.0. The Morgan fingerprint density at radius 2 is 2.26 bits per heavy atom. The van der Waals surface area contributed by atoms with E-state index in [9.17, 15) is 14.9 Å². The van der Waals surface area contributed by atoms with Crippen molar-refractivity contribution < 1.29 is 9.72 Å². The van der Waals surface area contributed by atoms with Gasteiger partial charge in [-0.25, -0.2) is 0 Å². The highest BCUT2D eigenvalue weighted by atomic mass is 16.6. The average Bonchev–Trinajstić information content (AvgIpc) is 2.74. The SMILES string of the molecule is Cn1nnc(NC(=O)c2ccc(N)c([N+](=O)[O-])c2)n1. The number of aryl methyl sites for hydroxylation is 1. The summed E-state index contributed by atoms with van der Waals surface area (Å²) in [6.45, 7) is 0. The highest BCUT2D eigenvalue weighted by Crippen LogP contribution is 2.22. The van der Waals surface area contributed by atoms with E-state index in [-0.39, 0.29) is 22.9 Å². The van der Waals surface area contributed by atoms with E-state index in [1.165, 1.54) is 24.0 Å². The third kappa shape index (κ3) is 2.62. The first-order valence-corrected chi connectivity index (χ1v) is 5.06.